The standard InChI is InChI=1S/C17H16N2O5S/c1-23-14-7-9(3-5-12(14)20)10(8-15(22)24-2)16-13(21)6-4-11-17(16)19-25-18-11/h3-7,10,20-21H,8H2,1-2H3. The number of hydrogen-bond acceptors (Lipinski definition) is 8. The van der Waals surface area contributed by atoms with Crippen molar-refractivity contribution in [2.45, 2.75) is 12.3 Å². The normalized spacial score (nSPS) is 12.1. The van der Waals surface area contributed by atoms with Crippen molar-refractivity contribution in [3.8, 4) is 17.2 Å². The number of carbonyl (C=O) groups is 1. The highest BCUT2D eigenvalue weighted by Gasteiger charge is 2.26. The highest BCUT2D eigenvalue weighted by Crippen LogP contribution is 2.40. The van der Waals surface area contributed by atoms with Gasteiger partial charge >= 0.3 is 5.97 Å². The molecule has 2 aromatic carbocycles. The van der Waals surface area contributed by atoms with Crippen LogP contribution in [0.5, 0.6) is 17.2 Å². The van der Waals surface area contributed by atoms with Crippen molar-refractivity contribution in [3.05, 3.63) is 41.5 Å². The van der Waals surface area contributed by atoms with Crippen LogP contribution in [0, 0.1) is 0 Å². The number of methoxy groups -OCH3 is 2. The Balaban J connectivity index is 2.19. The van der Waals surface area contributed by atoms with E-state index >= 15 is 0 Å². The number of benzene rings is 2. The van der Waals surface area contributed by atoms with Crippen molar-refractivity contribution in [2.24, 2.45) is 0 Å². The second-order valence-corrected chi connectivity index (χ2v) is 5.92. The van der Waals surface area contributed by atoms with Crippen LogP contribution in [0.1, 0.15) is 23.5 Å². The van der Waals surface area contributed by atoms with Crippen molar-refractivity contribution in [3.63, 3.8) is 0 Å². The smallest absolute Gasteiger partial charge is 0.306 e. The number of nitrogens with zero attached hydrogens (tertiary/aromatic N) is 2. The molecule has 1 aromatic heterocycles. The molecule has 0 radical (unpaired) electrons. The molecule has 3 rings (SSSR count). The largest absolute Gasteiger partial charge is 0.508 e. The highest BCUT2D eigenvalue weighted by molar-refractivity contribution is 7.00. The van der Waals surface area contributed by atoms with E-state index in [1.165, 1.54) is 26.4 Å². The van der Waals surface area contributed by atoms with Crippen LogP contribution in [0.25, 0.3) is 11.0 Å². The molecule has 0 aliphatic carbocycles. The number of carbonyl (C=O) groups excluding carboxylic acids is 1. The fraction of sp³-hybridized carbons (Fsp3) is 0.235. The number of ether oxygens (including phenoxy) is 2. The van der Waals surface area contributed by atoms with Gasteiger partial charge in [0.1, 0.15) is 16.8 Å². The van der Waals surface area contributed by atoms with E-state index in [0.29, 0.717) is 22.2 Å². The molecule has 1 atom stereocenters. The van der Waals surface area contributed by atoms with Gasteiger partial charge in [-0.3, -0.25) is 4.79 Å². The third-order valence-electron chi connectivity index (χ3n) is 4.00. The van der Waals surface area contributed by atoms with E-state index in [2.05, 4.69) is 8.75 Å². The third-order valence-corrected chi connectivity index (χ3v) is 4.54. The second kappa shape index (κ2) is 6.94. The maximum atomic E-state index is 12.0. The number of phenolic OH excluding ortho intramolecular Hbond substituents is 2. The predicted octanol–water partition coefficient (Wildman–Crippen LogP) is 2.81. The quantitative estimate of drug-likeness (QED) is 0.675. The monoisotopic (exact) mass is 360 g/mol. The second-order valence-electron chi connectivity index (χ2n) is 5.39. The Morgan fingerprint density at radius 2 is 1.92 bits per heavy atom. The third kappa shape index (κ3) is 3.20. The van der Waals surface area contributed by atoms with E-state index in [9.17, 15) is 15.0 Å². The molecule has 0 aliphatic rings. The molecule has 3 aromatic rings. The molecule has 1 unspecified atom stereocenters. The lowest BCUT2D eigenvalue weighted by atomic mass is 9.87. The molecule has 0 spiro atoms. The Morgan fingerprint density at radius 1 is 1.16 bits per heavy atom. The van der Waals surface area contributed by atoms with Crippen LogP contribution in [0.4, 0.5) is 0 Å². The number of rotatable bonds is 5. The van der Waals surface area contributed by atoms with E-state index < -0.39 is 11.9 Å². The van der Waals surface area contributed by atoms with Gasteiger partial charge in [0.15, 0.2) is 11.5 Å². The Bertz CT molecular complexity index is 925. The molecule has 0 amide bonds. The van der Waals surface area contributed by atoms with E-state index in [1.54, 1.807) is 18.2 Å². The molecule has 7 nitrogen and oxygen atoms in total. The zero-order valence-electron chi connectivity index (χ0n) is 13.6. The first-order valence-corrected chi connectivity index (χ1v) is 8.16. The molecule has 8 heteroatoms. The Morgan fingerprint density at radius 3 is 2.64 bits per heavy atom. The van der Waals surface area contributed by atoms with E-state index in [0.717, 1.165) is 11.7 Å². The van der Waals surface area contributed by atoms with Crippen LogP contribution < -0.4 is 4.74 Å². The summed E-state index contributed by atoms with van der Waals surface area (Å²) in [5.41, 5.74) is 2.34. The first-order chi connectivity index (χ1) is 12.0. The molecular weight excluding hydrogens is 344 g/mol. The summed E-state index contributed by atoms with van der Waals surface area (Å²) in [6.07, 6.45) is -0.00533. The maximum absolute atomic E-state index is 12.0. The van der Waals surface area contributed by atoms with Gasteiger partial charge in [0.25, 0.3) is 0 Å². The van der Waals surface area contributed by atoms with Crippen molar-refractivity contribution in [1.82, 2.24) is 8.75 Å². The van der Waals surface area contributed by atoms with Gasteiger partial charge in [0, 0.05) is 11.5 Å². The molecule has 0 saturated carbocycles. The lowest BCUT2D eigenvalue weighted by Gasteiger charge is -2.19. The number of esters is 1. The summed E-state index contributed by atoms with van der Waals surface area (Å²) in [6.45, 7) is 0. The van der Waals surface area contributed by atoms with Gasteiger partial charge in [0.2, 0.25) is 0 Å². The zero-order chi connectivity index (χ0) is 18.0. The SMILES string of the molecule is COC(=O)CC(c1ccc(O)c(OC)c1)c1c(O)ccc2nsnc12. The molecule has 0 aliphatic heterocycles. The summed E-state index contributed by atoms with van der Waals surface area (Å²) in [5.74, 6) is -0.691. The summed E-state index contributed by atoms with van der Waals surface area (Å²) in [6, 6.07) is 7.98. The van der Waals surface area contributed by atoms with Gasteiger partial charge in [-0.05, 0) is 29.8 Å². The molecule has 2 N–H and O–H groups in total. The van der Waals surface area contributed by atoms with Crippen molar-refractivity contribution in [2.75, 3.05) is 14.2 Å². The first kappa shape index (κ1) is 17.0. The van der Waals surface area contributed by atoms with Gasteiger partial charge in [-0.1, -0.05) is 6.07 Å². The van der Waals surface area contributed by atoms with Gasteiger partial charge < -0.3 is 19.7 Å². The van der Waals surface area contributed by atoms with E-state index in [1.807, 2.05) is 0 Å². The lowest BCUT2D eigenvalue weighted by molar-refractivity contribution is -0.140. The minimum absolute atomic E-state index is 0.00533. The summed E-state index contributed by atoms with van der Waals surface area (Å²) in [7, 11) is 2.75. The topological polar surface area (TPSA) is 102 Å². The lowest BCUT2D eigenvalue weighted by Crippen LogP contribution is -2.11. The van der Waals surface area contributed by atoms with Crippen LogP contribution in [0.2, 0.25) is 0 Å². The summed E-state index contributed by atoms with van der Waals surface area (Å²) in [4.78, 5) is 12.0. The van der Waals surface area contributed by atoms with Gasteiger partial charge in [-0.15, -0.1) is 0 Å². The highest BCUT2D eigenvalue weighted by atomic mass is 32.1. The van der Waals surface area contributed by atoms with Gasteiger partial charge in [-0.2, -0.15) is 8.75 Å². The van der Waals surface area contributed by atoms with Crippen molar-refractivity contribution >= 4 is 28.7 Å². The predicted molar refractivity (Wildman–Crippen MR) is 92.2 cm³/mol. The Hall–Kier alpha value is -2.87. The average molecular weight is 360 g/mol. The van der Waals surface area contributed by atoms with Gasteiger partial charge in [0.05, 0.1) is 32.4 Å². The Kier molecular flexibility index (Phi) is 4.71. The summed E-state index contributed by atoms with van der Waals surface area (Å²) >= 11 is 1.03. The van der Waals surface area contributed by atoms with Crippen LogP contribution in [-0.2, 0) is 9.53 Å². The van der Waals surface area contributed by atoms with Crippen molar-refractivity contribution in [1.29, 1.82) is 0 Å². The molecule has 0 bridgehead atoms. The van der Waals surface area contributed by atoms with Crippen LogP contribution >= 0.6 is 11.7 Å². The average Bonchev–Trinajstić information content (AvgIpc) is 3.09. The zero-order valence-corrected chi connectivity index (χ0v) is 14.4. The Labute approximate surface area is 147 Å². The van der Waals surface area contributed by atoms with Crippen LogP contribution in [-0.4, -0.2) is 39.1 Å². The van der Waals surface area contributed by atoms with Crippen LogP contribution in [0.3, 0.4) is 0 Å². The number of hydrogen-bond donors (Lipinski definition) is 2. The number of phenols is 2. The number of aromatic hydroxyl groups is 2. The van der Waals surface area contributed by atoms with Crippen molar-refractivity contribution < 1.29 is 24.5 Å². The molecule has 25 heavy (non-hydrogen) atoms. The molecule has 0 fully saturated rings. The number of fused-ring (bicyclic) bond motifs is 1. The fourth-order valence-electron chi connectivity index (χ4n) is 2.75. The molecule has 1 heterocycles. The molecular formula is C17H16N2O5S. The summed E-state index contributed by atoms with van der Waals surface area (Å²) in [5, 5.41) is 20.3. The maximum Gasteiger partial charge on any atom is 0.306 e. The summed E-state index contributed by atoms with van der Waals surface area (Å²) < 4.78 is 18.4. The van der Waals surface area contributed by atoms with E-state index in [4.69, 9.17) is 9.47 Å². The molecule has 0 saturated heterocycles. The molecule has 130 valence electrons. The minimum atomic E-state index is -0.533. The minimum Gasteiger partial charge on any atom is -0.508 e. The van der Waals surface area contributed by atoms with Crippen LogP contribution in [0.15, 0.2) is 30.3 Å². The fourth-order valence-corrected chi connectivity index (χ4v) is 3.30. The van der Waals surface area contributed by atoms with E-state index in [-0.39, 0.29) is 23.7 Å². The van der Waals surface area contributed by atoms with Gasteiger partial charge in [-0.25, -0.2) is 0 Å². The number of aromatic nitrogens is 2. The first-order valence-electron chi connectivity index (χ1n) is 7.43.